The fourth-order valence-corrected chi connectivity index (χ4v) is 2.46. The van der Waals surface area contributed by atoms with Gasteiger partial charge in [-0.05, 0) is 12.1 Å². The number of benzene rings is 1. The normalized spacial score (nSPS) is 18.2. The van der Waals surface area contributed by atoms with Crippen molar-refractivity contribution in [2.45, 2.75) is 18.9 Å². The van der Waals surface area contributed by atoms with Crippen molar-refractivity contribution < 1.29 is 33.9 Å². The zero-order valence-corrected chi connectivity index (χ0v) is 12.3. The van der Waals surface area contributed by atoms with Gasteiger partial charge in [-0.3, -0.25) is 24.1 Å². The lowest BCUT2D eigenvalue weighted by molar-refractivity contribution is -0.203. The van der Waals surface area contributed by atoms with Crippen LogP contribution in [0.2, 0.25) is 0 Å². The monoisotopic (exact) mass is 332 g/mol. The summed E-state index contributed by atoms with van der Waals surface area (Å²) in [6.45, 7) is -0.637. The largest absolute Gasteiger partial charge is 0.380 e. The summed E-state index contributed by atoms with van der Waals surface area (Å²) in [4.78, 5) is 64.1. The Labute approximate surface area is 135 Å². The first-order chi connectivity index (χ1) is 11.4. The summed E-state index contributed by atoms with van der Waals surface area (Å²) in [5, 5.41) is 10.1. The molecule has 24 heavy (non-hydrogen) atoms. The molecule has 1 aromatic carbocycles. The number of carbonyl (C=O) groups excluding carboxylic acids is 5. The minimum absolute atomic E-state index is 0.0827. The molecule has 0 radical (unpaired) electrons. The number of hydrogen-bond donors (Lipinski definition) is 1. The number of rotatable bonds is 4. The Bertz CT molecular complexity index is 722. The molecule has 0 aromatic heterocycles. The van der Waals surface area contributed by atoms with Crippen molar-refractivity contribution in [1.82, 2.24) is 9.96 Å². The molecule has 0 saturated carbocycles. The fraction of sp³-hybridized carbons (Fsp3) is 0.267. The highest BCUT2D eigenvalue weighted by molar-refractivity contribution is 6.21. The van der Waals surface area contributed by atoms with Gasteiger partial charge >= 0.3 is 5.97 Å². The Kier molecular flexibility index (Phi) is 3.86. The molecular weight excluding hydrogens is 320 g/mol. The highest BCUT2D eigenvalue weighted by Gasteiger charge is 2.39. The van der Waals surface area contributed by atoms with Crippen molar-refractivity contribution >= 4 is 29.6 Å². The van der Waals surface area contributed by atoms with E-state index in [1.807, 2.05) is 0 Å². The summed E-state index contributed by atoms with van der Waals surface area (Å²) in [7, 11) is 0. The summed E-state index contributed by atoms with van der Waals surface area (Å²) < 4.78 is 0. The second kappa shape index (κ2) is 5.85. The van der Waals surface area contributed by atoms with Crippen LogP contribution in [0, 0.1) is 0 Å². The van der Waals surface area contributed by atoms with Crippen LogP contribution in [0.3, 0.4) is 0 Å². The smallest absolute Gasteiger partial charge is 0.363 e. The molecule has 1 fully saturated rings. The van der Waals surface area contributed by atoms with Gasteiger partial charge < -0.3 is 9.94 Å². The molecule has 0 aliphatic carbocycles. The first-order valence-corrected chi connectivity index (χ1v) is 7.11. The number of hydroxylamine groups is 2. The molecule has 1 saturated heterocycles. The van der Waals surface area contributed by atoms with Crippen LogP contribution in [0.15, 0.2) is 24.3 Å². The van der Waals surface area contributed by atoms with Crippen molar-refractivity contribution in [3.8, 4) is 0 Å². The van der Waals surface area contributed by atoms with Crippen molar-refractivity contribution in [3.05, 3.63) is 35.4 Å². The van der Waals surface area contributed by atoms with E-state index in [1.165, 1.54) is 12.1 Å². The number of aliphatic hydroxyl groups excluding tert-OH is 1. The molecule has 0 bridgehead atoms. The van der Waals surface area contributed by atoms with E-state index in [-0.39, 0.29) is 29.0 Å². The minimum atomic E-state index is -1.88. The van der Waals surface area contributed by atoms with E-state index in [1.54, 1.807) is 12.1 Å². The maximum Gasteiger partial charge on any atom is 0.363 e. The Morgan fingerprint density at radius 2 is 1.54 bits per heavy atom. The maximum atomic E-state index is 12.1. The van der Waals surface area contributed by atoms with Crippen molar-refractivity contribution in [3.63, 3.8) is 0 Å². The quantitative estimate of drug-likeness (QED) is 0.720. The lowest BCUT2D eigenvalue weighted by Gasteiger charge is -2.19. The summed E-state index contributed by atoms with van der Waals surface area (Å²) in [5.74, 6) is -3.97. The van der Waals surface area contributed by atoms with Gasteiger partial charge in [0, 0.05) is 12.8 Å². The zero-order valence-electron chi connectivity index (χ0n) is 12.3. The number of amides is 4. The van der Waals surface area contributed by atoms with E-state index in [2.05, 4.69) is 4.84 Å². The van der Waals surface area contributed by atoms with Crippen LogP contribution in [0.5, 0.6) is 0 Å². The van der Waals surface area contributed by atoms with Crippen LogP contribution in [0.1, 0.15) is 33.6 Å². The second-order valence-electron chi connectivity index (χ2n) is 5.27. The Morgan fingerprint density at radius 3 is 2.04 bits per heavy atom. The van der Waals surface area contributed by atoms with Gasteiger partial charge in [0.2, 0.25) is 0 Å². The van der Waals surface area contributed by atoms with Gasteiger partial charge in [-0.1, -0.05) is 12.1 Å². The Morgan fingerprint density at radius 1 is 1.04 bits per heavy atom. The lowest BCUT2D eigenvalue weighted by Crippen LogP contribution is -2.43. The molecule has 4 amide bonds. The van der Waals surface area contributed by atoms with Crippen molar-refractivity contribution in [1.29, 1.82) is 0 Å². The lowest BCUT2D eigenvalue weighted by atomic mass is 10.1. The number of fused-ring (bicyclic) bond motifs is 1. The number of hydrogen-bond acceptors (Lipinski definition) is 7. The Balaban J connectivity index is 1.67. The predicted molar refractivity (Wildman–Crippen MR) is 75.0 cm³/mol. The van der Waals surface area contributed by atoms with Gasteiger partial charge in [0.25, 0.3) is 23.6 Å². The van der Waals surface area contributed by atoms with Crippen LogP contribution in [-0.4, -0.2) is 57.3 Å². The van der Waals surface area contributed by atoms with Crippen molar-refractivity contribution in [2.24, 2.45) is 0 Å². The molecule has 1 atom stereocenters. The minimum Gasteiger partial charge on any atom is -0.380 e. The number of imide groups is 2. The Hall–Kier alpha value is -3.07. The van der Waals surface area contributed by atoms with E-state index in [9.17, 15) is 29.1 Å². The molecule has 0 unspecified atom stereocenters. The molecule has 9 heteroatoms. The third-order valence-corrected chi connectivity index (χ3v) is 3.69. The van der Waals surface area contributed by atoms with E-state index < -0.39 is 42.2 Å². The molecule has 3 rings (SSSR count). The third kappa shape index (κ3) is 2.54. The van der Waals surface area contributed by atoms with Gasteiger partial charge in [0.05, 0.1) is 17.7 Å². The van der Waals surface area contributed by atoms with E-state index >= 15 is 0 Å². The van der Waals surface area contributed by atoms with Gasteiger partial charge in [-0.2, -0.15) is 0 Å². The average molecular weight is 332 g/mol. The van der Waals surface area contributed by atoms with Gasteiger partial charge in [-0.15, -0.1) is 5.06 Å². The number of nitrogens with zero attached hydrogens (tertiary/aromatic N) is 2. The van der Waals surface area contributed by atoms with Crippen LogP contribution in [-0.2, 0) is 19.2 Å². The van der Waals surface area contributed by atoms with Crippen LogP contribution in [0.4, 0.5) is 0 Å². The van der Waals surface area contributed by atoms with Gasteiger partial charge in [-0.25, -0.2) is 4.79 Å². The summed E-state index contributed by atoms with van der Waals surface area (Å²) in [6.07, 6.45) is -2.05. The molecule has 2 aliphatic heterocycles. The zero-order chi connectivity index (χ0) is 17.4. The third-order valence-electron chi connectivity index (χ3n) is 3.69. The van der Waals surface area contributed by atoms with Crippen LogP contribution in [0.25, 0.3) is 0 Å². The predicted octanol–water partition coefficient (Wildman–Crippen LogP) is -0.749. The van der Waals surface area contributed by atoms with Crippen LogP contribution < -0.4 is 0 Å². The number of carbonyl (C=O) groups is 5. The summed E-state index contributed by atoms with van der Waals surface area (Å²) >= 11 is 0. The highest BCUT2D eigenvalue weighted by atomic mass is 16.7. The second-order valence-corrected chi connectivity index (χ2v) is 5.27. The van der Waals surface area contributed by atoms with Crippen molar-refractivity contribution in [2.75, 3.05) is 6.54 Å². The van der Waals surface area contributed by atoms with E-state index in [0.717, 1.165) is 0 Å². The molecular formula is C15H12N2O7. The molecule has 0 spiro atoms. The van der Waals surface area contributed by atoms with Gasteiger partial charge in [0.15, 0.2) is 6.10 Å². The standard InChI is InChI=1S/C15H12N2O7/c18-10(15(23)24-17-11(19)5-6-12(17)20)7-16-13(21)8-3-1-2-4-9(8)14(16)22/h1-4,10,18H,5-7H2/t10-/m0/s1. The molecule has 9 nitrogen and oxygen atoms in total. The molecule has 2 aliphatic rings. The fourth-order valence-electron chi connectivity index (χ4n) is 2.46. The van der Waals surface area contributed by atoms with E-state index in [0.29, 0.717) is 4.90 Å². The SMILES string of the molecule is O=C(ON1C(=O)CCC1=O)[C@@H](O)CN1C(=O)c2ccccc2C1=O. The van der Waals surface area contributed by atoms with Crippen LogP contribution >= 0.6 is 0 Å². The number of β-amino-alcohol motifs (C(OH)–C–C–N with tert-alkyl or cyclic N) is 1. The summed E-state index contributed by atoms with van der Waals surface area (Å²) in [5.41, 5.74) is 0.348. The molecule has 1 aromatic rings. The first-order valence-electron chi connectivity index (χ1n) is 7.11. The molecule has 2 heterocycles. The van der Waals surface area contributed by atoms with Gasteiger partial charge in [0.1, 0.15) is 0 Å². The first kappa shape index (κ1) is 15.8. The number of aliphatic hydroxyl groups is 1. The maximum absolute atomic E-state index is 12.1. The topological polar surface area (TPSA) is 121 Å². The molecule has 124 valence electrons. The van der Waals surface area contributed by atoms with E-state index in [4.69, 9.17) is 0 Å². The average Bonchev–Trinajstić information content (AvgIpc) is 3.01. The summed E-state index contributed by atoms with van der Waals surface area (Å²) in [6, 6.07) is 6.09. The highest BCUT2D eigenvalue weighted by Crippen LogP contribution is 2.22. The molecule has 1 N–H and O–H groups in total.